The number of hydrazine groups is 1. The number of nitrogens with zero attached hydrogens (tertiary/aromatic N) is 2. The van der Waals surface area contributed by atoms with Crippen molar-refractivity contribution in [2.24, 2.45) is 5.84 Å². The molecule has 90 valence electrons. The number of nitrogens with two attached hydrogens (primary N) is 1. The molecule has 0 unspecified atom stereocenters. The molecule has 0 spiro atoms. The van der Waals surface area contributed by atoms with E-state index in [1.807, 2.05) is 12.1 Å². The maximum Gasteiger partial charge on any atom is 0.0564 e. The summed E-state index contributed by atoms with van der Waals surface area (Å²) in [6, 6.07) is 8.03. The number of hydrogen-bond acceptors (Lipinski definition) is 5. The van der Waals surface area contributed by atoms with Crippen molar-refractivity contribution >= 4 is 17.0 Å². The number of nitrogen functional groups attached to an aromatic ring is 1. The molecular weight excluding hydrogens is 232 g/mol. The Balaban J connectivity index is 1.95. The van der Waals surface area contributed by atoms with Gasteiger partial charge < -0.3 is 5.43 Å². The molecule has 0 saturated heterocycles. The van der Waals surface area contributed by atoms with E-state index in [0.29, 0.717) is 0 Å². The number of rotatable bonds is 5. The maximum absolute atomic E-state index is 5.37. The van der Waals surface area contributed by atoms with E-state index in [4.69, 9.17) is 5.84 Å². The van der Waals surface area contributed by atoms with E-state index < -0.39 is 0 Å². The van der Waals surface area contributed by atoms with Gasteiger partial charge in [-0.2, -0.15) is 0 Å². The van der Waals surface area contributed by atoms with Gasteiger partial charge >= 0.3 is 0 Å². The normalized spacial score (nSPS) is 10.8. The Bertz CT molecular complexity index is 455. The third-order valence-electron chi connectivity index (χ3n) is 2.42. The second-order valence-corrected chi connectivity index (χ2v) is 4.96. The fourth-order valence-corrected chi connectivity index (χ4v) is 2.44. The van der Waals surface area contributed by atoms with E-state index in [0.717, 1.165) is 24.5 Å². The lowest BCUT2D eigenvalue weighted by Crippen LogP contribution is -2.17. The summed E-state index contributed by atoms with van der Waals surface area (Å²) in [5.74, 6) is 5.37. The predicted molar refractivity (Wildman–Crippen MR) is 71.5 cm³/mol. The number of thiophene rings is 1. The average Bonchev–Trinajstić information content (AvgIpc) is 2.82. The Morgan fingerprint density at radius 3 is 3.00 bits per heavy atom. The third kappa shape index (κ3) is 3.52. The molecule has 0 radical (unpaired) electrons. The quantitative estimate of drug-likeness (QED) is 0.628. The van der Waals surface area contributed by atoms with Gasteiger partial charge in [-0.1, -0.05) is 6.07 Å². The fraction of sp³-hybridized carbons (Fsp3) is 0.250. The molecule has 2 aromatic heterocycles. The van der Waals surface area contributed by atoms with Crippen molar-refractivity contribution in [2.45, 2.75) is 13.1 Å². The third-order valence-corrected chi connectivity index (χ3v) is 3.28. The van der Waals surface area contributed by atoms with Crippen LogP contribution in [0.2, 0.25) is 0 Å². The number of anilines is 1. The van der Waals surface area contributed by atoms with Gasteiger partial charge in [0.05, 0.1) is 11.4 Å². The van der Waals surface area contributed by atoms with Crippen LogP contribution in [0, 0.1) is 0 Å². The number of aromatic nitrogens is 1. The van der Waals surface area contributed by atoms with Crippen LogP contribution in [0.4, 0.5) is 5.69 Å². The zero-order valence-corrected chi connectivity index (χ0v) is 10.6. The highest BCUT2D eigenvalue weighted by molar-refractivity contribution is 7.09. The van der Waals surface area contributed by atoms with Crippen molar-refractivity contribution in [3.8, 4) is 0 Å². The molecule has 2 aromatic rings. The van der Waals surface area contributed by atoms with Gasteiger partial charge in [0.1, 0.15) is 0 Å². The van der Waals surface area contributed by atoms with Crippen LogP contribution in [0.25, 0.3) is 0 Å². The highest BCUT2D eigenvalue weighted by Gasteiger charge is 2.04. The molecule has 17 heavy (non-hydrogen) atoms. The first-order chi connectivity index (χ1) is 8.28. The zero-order valence-electron chi connectivity index (χ0n) is 9.76. The standard InChI is InChI=1S/C12H16N4S/c1-16(9-12-3-2-6-17-12)8-11-7-10(15-13)4-5-14-11/h2-7H,8-9,13H2,1H3,(H,14,15). The van der Waals surface area contributed by atoms with Crippen LogP contribution >= 0.6 is 11.3 Å². The Hall–Kier alpha value is -1.43. The van der Waals surface area contributed by atoms with Crippen molar-refractivity contribution in [1.29, 1.82) is 0 Å². The minimum atomic E-state index is 0.813. The monoisotopic (exact) mass is 248 g/mol. The molecule has 0 fully saturated rings. The Labute approximate surface area is 105 Å². The molecule has 0 atom stereocenters. The van der Waals surface area contributed by atoms with Gasteiger partial charge in [0, 0.05) is 24.2 Å². The van der Waals surface area contributed by atoms with Gasteiger partial charge in [-0.3, -0.25) is 15.7 Å². The molecule has 0 bridgehead atoms. The van der Waals surface area contributed by atoms with E-state index in [1.54, 1.807) is 17.5 Å². The maximum atomic E-state index is 5.37. The van der Waals surface area contributed by atoms with Gasteiger partial charge in [0.15, 0.2) is 0 Å². The zero-order chi connectivity index (χ0) is 12.1. The largest absolute Gasteiger partial charge is 0.324 e. The van der Waals surface area contributed by atoms with Crippen LogP contribution in [0.5, 0.6) is 0 Å². The molecule has 0 saturated carbocycles. The Morgan fingerprint density at radius 1 is 1.41 bits per heavy atom. The summed E-state index contributed by atoms with van der Waals surface area (Å²) < 4.78 is 0. The van der Waals surface area contributed by atoms with Gasteiger partial charge in [-0.05, 0) is 30.6 Å². The van der Waals surface area contributed by atoms with Crippen LogP contribution < -0.4 is 11.3 Å². The highest BCUT2D eigenvalue weighted by atomic mass is 32.1. The van der Waals surface area contributed by atoms with Crippen molar-refractivity contribution in [1.82, 2.24) is 9.88 Å². The lowest BCUT2D eigenvalue weighted by molar-refractivity contribution is 0.318. The first kappa shape index (κ1) is 12.0. The first-order valence-electron chi connectivity index (χ1n) is 5.40. The molecule has 0 aromatic carbocycles. The smallest absolute Gasteiger partial charge is 0.0564 e. The lowest BCUT2D eigenvalue weighted by atomic mass is 10.3. The second kappa shape index (κ2) is 5.77. The van der Waals surface area contributed by atoms with Crippen molar-refractivity contribution in [2.75, 3.05) is 12.5 Å². The molecule has 5 heteroatoms. The van der Waals surface area contributed by atoms with E-state index in [9.17, 15) is 0 Å². The van der Waals surface area contributed by atoms with Crippen LogP contribution in [-0.4, -0.2) is 16.9 Å². The van der Waals surface area contributed by atoms with Gasteiger partial charge in [0.2, 0.25) is 0 Å². The van der Waals surface area contributed by atoms with E-state index >= 15 is 0 Å². The van der Waals surface area contributed by atoms with Crippen LogP contribution in [-0.2, 0) is 13.1 Å². The summed E-state index contributed by atoms with van der Waals surface area (Å²) in [6.45, 7) is 1.76. The first-order valence-corrected chi connectivity index (χ1v) is 6.28. The van der Waals surface area contributed by atoms with Gasteiger partial charge in [-0.15, -0.1) is 11.3 Å². The molecule has 0 aliphatic carbocycles. The molecular formula is C12H16N4S. The van der Waals surface area contributed by atoms with Crippen LogP contribution in [0.15, 0.2) is 35.8 Å². The second-order valence-electron chi connectivity index (χ2n) is 3.93. The van der Waals surface area contributed by atoms with E-state index in [1.165, 1.54) is 4.88 Å². The predicted octanol–water partition coefficient (Wildman–Crippen LogP) is 2.06. The number of nitrogens with one attached hydrogen (secondary N) is 1. The lowest BCUT2D eigenvalue weighted by Gasteiger charge is -2.15. The minimum Gasteiger partial charge on any atom is -0.324 e. The SMILES string of the molecule is CN(Cc1cc(NN)ccn1)Cc1cccs1. The highest BCUT2D eigenvalue weighted by Crippen LogP contribution is 2.13. The van der Waals surface area contributed by atoms with Crippen molar-refractivity contribution in [3.63, 3.8) is 0 Å². The van der Waals surface area contributed by atoms with Gasteiger partial charge in [0.25, 0.3) is 0 Å². The molecule has 0 aliphatic heterocycles. The molecule has 2 heterocycles. The Morgan fingerprint density at radius 2 is 2.29 bits per heavy atom. The Kier molecular flexibility index (Phi) is 4.08. The summed E-state index contributed by atoms with van der Waals surface area (Å²) in [7, 11) is 2.09. The summed E-state index contributed by atoms with van der Waals surface area (Å²) >= 11 is 1.78. The summed E-state index contributed by atoms with van der Waals surface area (Å²) in [6.07, 6.45) is 1.77. The molecule has 3 N–H and O–H groups in total. The minimum absolute atomic E-state index is 0.813. The molecule has 0 amide bonds. The topological polar surface area (TPSA) is 54.2 Å². The molecule has 4 nitrogen and oxygen atoms in total. The summed E-state index contributed by atoms with van der Waals surface area (Å²) in [4.78, 5) is 7.92. The van der Waals surface area contributed by atoms with Crippen LogP contribution in [0.1, 0.15) is 10.6 Å². The average molecular weight is 248 g/mol. The van der Waals surface area contributed by atoms with E-state index in [-0.39, 0.29) is 0 Å². The van der Waals surface area contributed by atoms with Crippen LogP contribution in [0.3, 0.4) is 0 Å². The number of hydrogen-bond donors (Lipinski definition) is 2. The summed E-state index contributed by atoms with van der Waals surface area (Å²) in [5.41, 5.74) is 4.53. The fourth-order valence-electron chi connectivity index (χ4n) is 1.66. The van der Waals surface area contributed by atoms with E-state index in [2.05, 4.69) is 39.9 Å². The molecule has 2 rings (SSSR count). The van der Waals surface area contributed by atoms with Gasteiger partial charge in [-0.25, -0.2) is 0 Å². The van der Waals surface area contributed by atoms with Crippen molar-refractivity contribution in [3.05, 3.63) is 46.4 Å². The van der Waals surface area contributed by atoms with Crippen molar-refractivity contribution < 1.29 is 0 Å². The summed E-state index contributed by atoms with van der Waals surface area (Å²) in [5, 5.41) is 2.10. The number of pyridine rings is 1. The molecule has 0 aliphatic rings.